The Morgan fingerprint density at radius 1 is 1.35 bits per heavy atom. The van der Waals surface area contributed by atoms with Crippen LogP contribution in [0.2, 0.25) is 5.02 Å². The summed E-state index contributed by atoms with van der Waals surface area (Å²) in [5.74, 6) is 1.39. The molecule has 5 nitrogen and oxygen atoms in total. The molecular formula is C20H19ClN2O3. The van der Waals surface area contributed by atoms with Crippen LogP contribution in [0.4, 0.5) is 11.4 Å². The minimum absolute atomic E-state index is 0.0416. The molecule has 0 unspecified atom stereocenters. The number of nitro groups is 1. The summed E-state index contributed by atoms with van der Waals surface area (Å²) in [4.78, 5) is 10.9. The molecule has 0 saturated heterocycles. The van der Waals surface area contributed by atoms with Crippen LogP contribution in [-0.4, -0.2) is 11.5 Å². The van der Waals surface area contributed by atoms with E-state index in [2.05, 4.69) is 23.5 Å². The first-order chi connectivity index (χ1) is 12.6. The summed E-state index contributed by atoms with van der Waals surface area (Å²) >= 11 is 5.99. The zero-order valence-corrected chi connectivity index (χ0v) is 15.1. The highest BCUT2D eigenvalue weighted by molar-refractivity contribution is 6.32. The summed E-state index contributed by atoms with van der Waals surface area (Å²) < 4.78 is 5.80. The number of halogens is 1. The molecule has 1 N–H and O–H groups in total. The van der Waals surface area contributed by atoms with E-state index in [4.69, 9.17) is 16.3 Å². The third-order valence-electron chi connectivity index (χ3n) is 5.18. The Balaban J connectivity index is 1.80. The van der Waals surface area contributed by atoms with E-state index in [0.29, 0.717) is 12.5 Å². The predicted molar refractivity (Wildman–Crippen MR) is 102 cm³/mol. The van der Waals surface area contributed by atoms with Crippen LogP contribution in [0.1, 0.15) is 36.4 Å². The van der Waals surface area contributed by atoms with Gasteiger partial charge in [0.25, 0.3) is 5.69 Å². The lowest BCUT2D eigenvalue weighted by molar-refractivity contribution is -0.384. The van der Waals surface area contributed by atoms with Crippen molar-refractivity contribution in [2.45, 2.75) is 25.3 Å². The lowest BCUT2D eigenvalue weighted by atomic mass is 9.77. The topological polar surface area (TPSA) is 64.4 Å². The van der Waals surface area contributed by atoms with E-state index in [-0.39, 0.29) is 22.7 Å². The Morgan fingerprint density at radius 3 is 2.96 bits per heavy atom. The molecule has 0 fully saturated rings. The fourth-order valence-corrected chi connectivity index (χ4v) is 4.25. The van der Waals surface area contributed by atoms with Gasteiger partial charge in [-0.05, 0) is 42.5 Å². The minimum atomic E-state index is -0.432. The van der Waals surface area contributed by atoms with Crippen molar-refractivity contribution in [3.05, 3.63) is 74.8 Å². The second-order valence-electron chi connectivity index (χ2n) is 6.60. The van der Waals surface area contributed by atoms with Crippen molar-refractivity contribution in [2.75, 3.05) is 11.9 Å². The molecule has 26 heavy (non-hydrogen) atoms. The second kappa shape index (κ2) is 6.65. The van der Waals surface area contributed by atoms with Gasteiger partial charge in [0.2, 0.25) is 0 Å². The van der Waals surface area contributed by atoms with E-state index in [9.17, 15) is 10.1 Å². The number of benzene rings is 2. The molecule has 2 aromatic rings. The fourth-order valence-electron chi connectivity index (χ4n) is 4.06. The highest BCUT2D eigenvalue weighted by Crippen LogP contribution is 2.52. The third-order valence-corrected chi connectivity index (χ3v) is 5.50. The van der Waals surface area contributed by atoms with Gasteiger partial charge in [-0.3, -0.25) is 10.1 Å². The number of anilines is 1. The van der Waals surface area contributed by atoms with E-state index in [1.807, 2.05) is 25.1 Å². The smallest absolute Gasteiger partial charge is 0.288 e. The number of para-hydroxylation sites is 1. The van der Waals surface area contributed by atoms with Crippen LogP contribution in [0.15, 0.2) is 48.6 Å². The fraction of sp³-hybridized carbons (Fsp3) is 0.300. The van der Waals surface area contributed by atoms with Gasteiger partial charge in [0.15, 0.2) is 0 Å². The van der Waals surface area contributed by atoms with Crippen molar-refractivity contribution in [1.29, 1.82) is 0 Å². The Hall–Kier alpha value is -2.53. The highest BCUT2D eigenvalue weighted by Gasteiger charge is 2.39. The number of fused-ring (bicyclic) bond motifs is 3. The number of nitro benzene ring substituents is 1. The molecule has 0 saturated carbocycles. The molecule has 4 rings (SSSR count). The van der Waals surface area contributed by atoms with E-state index in [1.54, 1.807) is 12.1 Å². The van der Waals surface area contributed by atoms with Crippen molar-refractivity contribution in [1.82, 2.24) is 0 Å². The van der Waals surface area contributed by atoms with Crippen LogP contribution in [0, 0.1) is 16.0 Å². The van der Waals surface area contributed by atoms with Gasteiger partial charge in [0.05, 0.1) is 23.3 Å². The van der Waals surface area contributed by atoms with Crippen molar-refractivity contribution >= 4 is 23.0 Å². The van der Waals surface area contributed by atoms with Gasteiger partial charge in [-0.2, -0.15) is 0 Å². The summed E-state index contributed by atoms with van der Waals surface area (Å²) in [7, 11) is 0. The quantitative estimate of drug-likeness (QED) is 0.440. The standard InChI is InChI=1S/C20H19ClN2O3/c1-2-26-18-8-4-7-15-13-5-3-6-14(13)19(22-20(15)18)12-9-10-16(21)17(11-12)23(24)25/h3-5,7-11,13-14,19,22H,2,6H2,1H3/t13-,14-,19+/m0/s1. The lowest BCUT2D eigenvalue weighted by Crippen LogP contribution is -2.29. The van der Waals surface area contributed by atoms with Gasteiger partial charge in [0, 0.05) is 12.0 Å². The Kier molecular flexibility index (Phi) is 4.32. The summed E-state index contributed by atoms with van der Waals surface area (Å²) in [6, 6.07) is 11.1. The average Bonchev–Trinajstić information content (AvgIpc) is 3.12. The molecular weight excluding hydrogens is 352 g/mol. The SMILES string of the molecule is CCOc1cccc2c1N[C@H](c1ccc(Cl)c([N+](=O)[O-])c1)[C@H]1CC=C[C@H]21. The first kappa shape index (κ1) is 16.9. The molecule has 3 atom stereocenters. The number of allylic oxidation sites excluding steroid dienone is 2. The van der Waals surface area contributed by atoms with Crippen molar-refractivity contribution in [3.63, 3.8) is 0 Å². The van der Waals surface area contributed by atoms with Crippen molar-refractivity contribution in [2.24, 2.45) is 5.92 Å². The molecule has 0 amide bonds. The number of hydrogen-bond donors (Lipinski definition) is 1. The largest absolute Gasteiger partial charge is 0.492 e. The zero-order chi connectivity index (χ0) is 18.3. The van der Waals surface area contributed by atoms with Crippen LogP contribution in [0.25, 0.3) is 0 Å². The Labute approximate surface area is 156 Å². The van der Waals surface area contributed by atoms with Gasteiger partial charge in [-0.15, -0.1) is 0 Å². The molecule has 134 valence electrons. The molecule has 1 heterocycles. The lowest BCUT2D eigenvalue weighted by Gasteiger charge is -2.38. The van der Waals surface area contributed by atoms with E-state index < -0.39 is 4.92 Å². The molecule has 6 heteroatoms. The maximum absolute atomic E-state index is 11.3. The molecule has 2 aromatic carbocycles. The molecule has 2 aliphatic rings. The molecule has 1 aliphatic carbocycles. The number of ether oxygens (including phenoxy) is 1. The van der Waals surface area contributed by atoms with Crippen molar-refractivity contribution in [3.8, 4) is 5.75 Å². The normalized spacial score (nSPS) is 23.1. The molecule has 1 aliphatic heterocycles. The summed E-state index contributed by atoms with van der Waals surface area (Å²) in [5.41, 5.74) is 3.01. The maximum atomic E-state index is 11.3. The number of hydrogen-bond acceptors (Lipinski definition) is 4. The second-order valence-corrected chi connectivity index (χ2v) is 7.00. The number of nitrogens with one attached hydrogen (secondary N) is 1. The maximum Gasteiger partial charge on any atom is 0.288 e. The summed E-state index contributed by atoms with van der Waals surface area (Å²) in [6.45, 7) is 2.54. The van der Waals surface area contributed by atoms with Crippen LogP contribution < -0.4 is 10.1 Å². The Bertz CT molecular complexity index is 897. The first-order valence-electron chi connectivity index (χ1n) is 8.73. The van der Waals surface area contributed by atoms with Crippen LogP contribution in [0.3, 0.4) is 0 Å². The summed E-state index contributed by atoms with van der Waals surface area (Å²) in [5, 5.41) is 15.0. The van der Waals surface area contributed by atoms with E-state index >= 15 is 0 Å². The molecule has 0 bridgehead atoms. The minimum Gasteiger partial charge on any atom is -0.492 e. The van der Waals surface area contributed by atoms with Crippen LogP contribution in [0.5, 0.6) is 5.75 Å². The average molecular weight is 371 g/mol. The molecule has 0 spiro atoms. The van der Waals surface area contributed by atoms with Gasteiger partial charge in [-0.1, -0.05) is 42.0 Å². The third kappa shape index (κ3) is 2.72. The van der Waals surface area contributed by atoms with Gasteiger partial charge < -0.3 is 10.1 Å². The molecule has 0 radical (unpaired) electrons. The highest BCUT2D eigenvalue weighted by atomic mass is 35.5. The van der Waals surface area contributed by atoms with Gasteiger partial charge in [0.1, 0.15) is 10.8 Å². The van der Waals surface area contributed by atoms with E-state index in [1.165, 1.54) is 5.56 Å². The zero-order valence-electron chi connectivity index (χ0n) is 14.3. The number of rotatable bonds is 4. The van der Waals surface area contributed by atoms with Gasteiger partial charge in [-0.25, -0.2) is 0 Å². The predicted octanol–water partition coefficient (Wildman–Crippen LogP) is 5.47. The summed E-state index contributed by atoms with van der Waals surface area (Å²) in [6.07, 6.45) is 5.35. The van der Waals surface area contributed by atoms with E-state index in [0.717, 1.165) is 23.4 Å². The first-order valence-corrected chi connectivity index (χ1v) is 9.10. The monoisotopic (exact) mass is 370 g/mol. The molecule has 0 aromatic heterocycles. The van der Waals surface area contributed by atoms with Crippen LogP contribution >= 0.6 is 11.6 Å². The van der Waals surface area contributed by atoms with Gasteiger partial charge >= 0.3 is 0 Å². The van der Waals surface area contributed by atoms with Crippen molar-refractivity contribution < 1.29 is 9.66 Å². The Morgan fingerprint density at radius 2 is 2.19 bits per heavy atom. The number of nitrogens with zero attached hydrogens (tertiary/aromatic N) is 1. The van der Waals surface area contributed by atoms with Crippen LogP contribution in [-0.2, 0) is 0 Å².